The highest BCUT2D eigenvalue weighted by molar-refractivity contribution is 5.67. The molecule has 1 aromatic heterocycles. The highest BCUT2D eigenvalue weighted by Crippen LogP contribution is 2.55. The molecule has 0 radical (unpaired) electrons. The second-order valence-electron chi connectivity index (χ2n) is 7.41. The van der Waals surface area contributed by atoms with Crippen LogP contribution in [0, 0.1) is 5.41 Å². The Hall–Kier alpha value is -2.23. The Morgan fingerprint density at radius 3 is 2.48 bits per heavy atom. The molecule has 132 valence electrons. The summed E-state index contributed by atoms with van der Waals surface area (Å²) in [5.41, 5.74) is 1.66. The van der Waals surface area contributed by atoms with Gasteiger partial charge in [-0.3, -0.25) is 0 Å². The van der Waals surface area contributed by atoms with Crippen LogP contribution in [0.15, 0.2) is 53.1 Å². The van der Waals surface area contributed by atoms with Crippen molar-refractivity contribution in [2.75, 3.05) is 0 Å². The summed E-state index contributed by atoms with van der Waals surface area (Å²) < 4.78 is 10.9. The highest BCUT2D eigenvalue weighted by atomic mass is 16.6. The van der Waals surface area contributed by atoms with E-state index in [4.69, 9.17) is 9.15 Å². The summed E-state index contributed by atoms with van der Waals surface area (Å²) in [6, 6.07) is 14.4. The average molecular weight is 339 g/mol. The summed E-state index contributed by atoms with van der Waals surface area (Å²) in [5, 5.41) is 2.79. The smallest absolute Gasteiger partial charge is 0.407 e. The van der Waals surface area contributed by atoms with Gasteiger partial charge in [-0.15, -0.1) is 0 Å². The van der Waals surface area contributed by atoms with E-state index in [1.165, 1.54) is 24.8 Å². The van der Waals surface area contributed by atoms with Gasteiger partial charge in [0.25, 0.3) is 0 Å². The van der Waals surface area contributed by atoms with Crippen LogP contribution in [-0.4, -0.2) is 12.2 Å². The Bertz CT molecular complexity index is 687. The van der Waals surface area contributed by atoms with Crippen molar-refractivity contribution in [2.45, 2.75) is 57.1 Å². The van der Waals surface area contributed by atoms with Crippen LogP contribution in [0.5, 0.6) is 0 Å². The van der Waals surface area contributed by atoms with E-state index in [2.05, 4.69) is 35.6 Å². The molecule has 0 bridgehead atoms. The Kier molecular flexibility index (Phi) is 4.51. The van der Waals surface area contributed by atoms with Gasteiger partial charge in [0.05, 0.1) is 12.8 Å². The summed E-state index contributed by atoms with van der Waals surface area (Å²) in [6.07, 6.45) is 8.22. The third-order valence-electron chi connectivity index (χ3n) is 6.08. The molecule has 2 saturated carbocycles. The van der Waals surface area contributed by atoms with Gasteiger partial charge in [-0.2, -0.15) is 0 Å². The van der Waals surface area contributed by atoms with Crippen LogP contribution >= 0.6 is 0 Å². The number of alkyl carbamates (subject to hydrolysis) is 1. The van der Waals surface area contributed by atoms with Gasteiger partial charge in [0.1, 0.15) is 11.9 Å². The fourth-order valence-electron chi connectivity index (χ4n) is 4.42. The first-order valence-corrected chi connectivity index (χ1v) is 9.27. The lowest BCUT2D eigenvalue weighted by molar-refractivity contribution is -0.0949. The molecule has 1 heterocycles. The molecule has 0 saturated heterocycles. The van der Waals surface area contributed by atoms with Crippen molar-refractivity contribution in [3.05, 3.63) is 60.1 Å². The Morgan fingerprint density at radius 2 is 1.84 bits per heavy atom. The number of carbonyl (C=O) groups excluding carboxylic acids is 1. The number of hydrogen-bond donors (Lipinski definition) is 1. The molecule has 4 nitrogen and oxygen atoms in total. The maximum atomic E-state index is 12.1. The summed E-state index contributed by atoms with van der Waals surface area (Å²) in [5.74, 6) is 1.39. The van der Waals surface area contributed by atoms with E-state index in [1.54, 1.807) is 6.26 Å². The van der Waals surface area contributed by atoms with Crippen molar-refractivity contribution in [1.29, 1.82) is 0 Å². The van der Waals surface area contributed by atoms with Gasteiger partial charge in [-0.25, -0.2) is 4.79 Å². The molecule has 1 atom stereocenters. The van der Waals surface area contributed by atoms with E-state index in [9.17, 15) is 4.79 Å². The first-order chi connectivity index (χ1) is 12.3. The van der Waals surface area contributed by atoms with E-state index in [-0.39, 0.29) is 17.6 Å². The second-order valence-corrected chi connectivity index (χ2v) is 7.41. The summed E-state index contributed by atoms with van der Waals surface area (Å²) >= 11 is 0. The van der Waals surface area contributed by atoms with E-state index in [1.807, 2.05) is 12.1 Å². The Labute approximate surface area is 148 Å². The third-order valence-corrected chi connectivity index (χ3v) is 6.08. The summed E-state index contributed by atoms with van der Waals surface area (Å²) in [6.45, 7) is 0.377. The molecule has 2 aliphatic carbocycles. The van der Waals surface area contributed by atoms with Crippen molar-refractivity contribution in [3.8, 4) is 0 Å². The van der Waals surface area contributed by atoms with E-state index >= 15 is 0 Å². The van der Waals surface area contributed by atoms with Crippen molar-refractivity contribution in [2.24, 2.45) is 5.41 Å². The zero-order valence-corrected chi connectivity index (χ0v) is 14.4. The molecule has 4 heteroatoms. The molecule has 1 N–H and O–H groups in total. The van der Waals surface area contributed by atoms with Gasteiger partial charge in [0.2, 0.25) is 0 Å². The molecule has 0 aliphatic heterocycles. The Balaban J connectivity index is 1.28. The molecular weight excluding hydrogens is 314 g/mol. The molecule has 1 aromatic carbocycles. The molecule has 2 aromatic rings. The lowest BCUT2D eigenvalue weighted by atomic mass is 9.56. The molecule has 0 unspecified atom stereocenters. The van der Waals surface area contributed by atoms with Crippen LogP contribution in [0.2, 0.25) is 0 Å². The minimum atomic E-state index is -0.328. The zero-order valence-electron chi connectivity index (χ0n) is 14.4. The molecular formula is C21H25NO3. The average Bonchev–Trinajstić information content (AvgIpc) is 3.18. The molecule has 1 amide bonds. The number of amides is 1. The molecule has 2 aliphatic rings. The number of carbonyl (C=O) groups is 1. The highest BCUT2D eigenvalue weighted by Gasteiger charge is 2.50. The number of nitrogens with one attached hydrogen (secondary N) is 1. The van der Waals surface area contributed by atoms with E-state index < -0.39 is 0 Å². The van der Waals surface area contributed by atoms with Crippen LogP contribution in [0.3, 0.4) is 0 Å². The Morgan fingerprint density at radius 1 is 1.08 bits per heavy atom. The number of benzene rings is 1. The first kappa shape index (κ1) is 16.2. The van der Waals surface area contributed by atoms with Crippen LogP contribution in [0.25, 0.3) is 0 Å². The molecule has 1 spiro atoms. The summed E-state index contributed by atoms with van der Waals surface area (Å²) in [7, 11) is 0. The second kappa shape index (κ2) is 6.95. The largest absolute Gasteiger partial charge is 0.467 e. The van der Waals surface area contributed by atoms with E-state index in [0.717, 1.165) is 25.0 Å². The lowest BCUT2D eigenvalue weighted by Gasteiger charge is -2.52. The van der Waals surface area contributed by atoms with Crippen LogP contribution < -0.4 is 5.32 Å². The minimum absolute atomic E-state index is 0.0702. The number of hydrogen-bond acceptors (Lipinski definition) is 3. The van der Waals surface area contributed by atoms with Gasteiger partial charge >= 0.3 is 6.09 Å². The maximum absolute atomic E-state index is 12.1. The van der Waals surface area contributed by atoms with Gasteiger partial charge in [0.15, 0.2) is 0 Å². The lowest BCUT2D eigenvalue weighted by Crippen LogP contribution is -2.50. The van der Waals surface area contributed by atoms with Gasteiger partial charge in [-0.1, -0.05) is 30.3 Å². The molecule has 4 rings (SSSR count). The standard InChI is InChI=1S/C21H25NO3/c23-20(22-15-18-7-4-14-24-18)25-19-10-13-21(19)11-8-17(9-12-21)16-5-2-1-3-6-16/h1-7,14,17,19H,8-13,15H2,(H,22,23)/t17?,19-,21?/m0/s1. The van der Waals surface area contributed by atoms with Gasteiger partial charge in [-0.05, 0) is 62.1 Å². The maximum Gasteiger partial charge on any atom is 0.407 e. The quantitative estimate of drug-likeness (QED) is 0.851. The van der Waals surface area contributed by atoms with Gasteiger partial charge in [0, 0.05) is 5.41 Å². The van der Waals surface area contributed by atoms with Crippen molar-refractivity contribution >= 4 is 6.09 Å². The minimum Gasteiger partial charge on any atom is -0.467 e. The normalized spacial score (nSPS) is 28.3. The van der Waals surface area contributed by atoms with Crippen molar-refractivity contribution in [3.63, 3.8) is 0 Å². The number of furan rings is 1. The van der Waals surface area contributed by atoms with Gasteiger partial charge < -0.3 is 14.5 Å². The fraction of sp³-hybridized carbons (Fsp3) is 0.476. The van der Waals surface area contributed by atoms with E-state index in [0.29, 0.717) is 12.5 Å². The molecule has 2 fully saturated rings. The SMILES string of the molecule is O=C(NCc1ccco1)O[C@H]1CCC12CCC(c1ccccc1)CC2. The monoisotopic (exact) mass is 339 g/mol. The zero-order chi connectivity index (χ0) is 17.1. The first-order valence-electron chi connectivity index (χ1n) is 9.27. The topological polar surface area (TPSA) is 51.5 Å². The van der Waals surface area contributed by atoms with Crippen LogP contribution in [-0.2, 0) is 11.3 Å². The predicted molar refractivity (Wildman–Crippen MR) is 95.1 cm³/mol. The summed E-state index contributed by atoms with van der Waals surface area (Å²) in [4.78, 5) is 12.1. The van der Waals surface area contributed by atoms with Crippen molar-refractivity contribution in [1.82, 2.24) is 5.32 Å². The van der Waals surface area contributed by atoms with Crippen LogP contribution in [0.1, 0.15) is 55.8 Å². The van der Waals surface area contributed by atoms with Crippen molar-refractivity contribution < 1.29 is 13.9 Å². The third kappa shape index (κ3) is 3.44. The number of rotatable bonds is 4. The van der Waals surface area contributed by atoms with Crippen LogP contribution in [0.4, 0.5) is 4.79 Å². The molecule has 25 heavy (non-hydrogen) atoms. The predicted octanol–water partition coefficient (Wildman–Crippen LogP) is 5.01. The fourth-order valence-corrected chi connectivity index (χ4v) is 4.42. The number of ether oxygens (including phenoxy) is 1.